The van der Waals surface area contributed by atoms with Gasteiger partial charge in [0.1, 0.15) is 17.3 Å². The smallest absolute Gasteiger partial charge is 0.413 e. The summed E-state index contributed by atoms with van der Waals surface area (Å²) in [5.74, 6) is 3.29. The average Bonchev–Trinajstić information content (AvgIpc) is 2.97. The first kappa shape index (κ1) is 21.2. The Balaban J connectivity index is 1.48. The van der Waals surface area contributed by atoms with Crippen molar-refractivity contribution in [3.63, 3.8) is 0 Å². The zero-order chi connectivity index (χ0) is 23.1. The molecule has 0 saturated heterocycles. The second-order valence-electron chi connectivity index (χ2n) is 9.16. The fourth-order valence-electron chi connectivity index (χ4n) is 5.22. The molecule has 1 aliphatic heterocycles. The number of carbonyl (C=O) groups is 1. The summed E-state index contributed by atoms with van der Waals surface area (Å²) in [5.41, 5.74) is 1.79. The number of Topliss-reactive ketones (excluding diaryl/α,β-unsaturated/α-hetero) is 1. The molecule has 4 aromatic carbocycles. The topological polar surface area (TPSA) is 52.6 Å². The summed E-state index contributed by atoms with van der Waals surface area (Å²) in [4.78, 5) is 11.8. The molecule has 1 atom stereocenters. The van der Waals surface area contributed by atoms with Crippen molar-refractivity contribution in [2.75, 3.05) is 0 Å². The minimum Gasteiger partial charge on any atom is -0.413 e. The minimum absolute atomic E-state index is 0.295. The fraction of sp³-hybridized carbons (Fsp3) is 0.207. The maximum Gasteiger partial charge on any atom is 0.455 e. The van der Waals surface area contributed by atoms with Crippen LogP contribution >= 0.6 is 7.60 Å². The number of rotatable bonds is 3. The van der Waals surface area contributed by atoms with E-state index >= 15 is 0 Å². The molecule has 170 valence electrons. The summed E-state index contributed by atoms with van der Waals surface area (Å²) >= 11 is 0. The third-order valence-corrected chi connectivity index (χ3v) is 8.30. The zero-order valence-corrected chi connectivity index (χ0v) is 19.7. The van der Waals surface area contributed by atoms with Gasteiger partial charge in [0.25, 0.3) is 0 Å². The Morgan fingerprint density at radius 3 is 2.00 bits per heavy atom. The second kappa shape index (κ2) is 8.45. The lowest BCUT2D eigenvalue weighted by Crippen LogP contribution is -2.14. The molecule has 5 heteroatoms. The molecule has 0 unspecified atom stereocenters. The summed E-state index contributed by atoms with van der Waals surface area (Å²) in [7, 11) is -3.63. The molecule has 1 heterocycles. The molecule has 1 fully saturated rings. The molecule has 0 radical (unpaired) electrons. The molecule has 6 rings (SSSR count). The van der Waals surface area contributed by atoms with E-state index in [0.29, 0.717) is 42.5 Å². The van der Waals surface area contributed by atoms with Crippen LogP contribution in [0, 0.1) is 5.92 Å². The summed E-state index contributed by atoms with van der Waals surface area (Å²) in [6.07, 6.45) is 5.80. The normalized spacial score (nSPS) is 19.3. The molecular formula is C29H25O4P. The zero-order valence-electron chi connectivity index (χ0n) is 18.8. The molecule has 0 amide bonds. The first-order valence-electron chi connectivity index (χ1n) is 11.8. The van der Waals surface area contributed by atoms with E-state index in [0.717, 1.165) is 45.5 Å². The first-order chi connectivity index (χ1) is 16.6. The Hall–Kier alpha value is -3.36. The quantitative estimate of drug-likeness (QED) is 0.284. The molecule has 4 aromatic rings. The third kappa shape index (κ3) is 3.82. The SMILES string of the molecule is O=C1CCC[C@@H](C/C=C/P2(=O)Oc3ccc4ccccc4c3-c3c(ccc4ccccc34)O2)C1. The van der Waals surface area contributed by atoms with Gasteiger partial charge in [0.2, 0.25) is 0 Å². The van der Waals surface area contributed by atoms with Gasteiger partial charge in [0, 0.05) is 29.8 Å². The van der Waals surface area contributed by atoms with Crippen LogP contribution in [0.15, 0.2) is 84.7 Å². The van der Waals surface area contributed by atoms with Gasteiger partial charge in [-0.15, -0.1) is 0 Å². The minimum atomic E-state index is -3.63. The maximum atomic E-state index is 14.0. The van der Waals surface area contributed by atoms with E-state index in [-0.39, 0.29) is 0 Å². The molecule has 4 nitrogen and oxygen atoms in total. The molecule has 0 bridgehead atoms. The van der Waals surface area contributed by atoms with Crippen LogP contribution in [-0.4, -0.2) is 5.78 Å². The van der Waals surface area contributed by atoms with Crippen LogP contribution in [0.4, 0.5) is 0 Å². The summed E-state index contributed by atoms with van der Waals surface area (Å²) < 4.78 is 26.3. The number of hydrogen-bond donors (Lipinski definition) is 0. The number of benzene rings is 4. The van der Waals surface area contributed by atoms with Gasteiger partial charge in [-0.05, 0) is 58.9 Å². The van der Waals surface area contributed by atoms with Crippen LogP contribution in [0.5, 0.6) is 11.5 Å². The Morgan fingerprint density at radius 2 is 1.41 bits per heavy atom. The van der Waals surface area contributed by atoms with Gasteiger partial charge >= 0.3 is 7.60 Å². The lowest BCUT2D eigenvalue weighted by Gasteiger charge is -2.19. The monoisotopic (exact) mass is 468 g/mol. The van der Waals surface area contributed by atoms with Crippen molar-refractivity contribution in [2.24, 2.45) is 5.92 Å². The lowest BCUT2D eigenvalue weighted by molar-refractivity contribution is -0.121. The van der Waals surface area contributed by atoms with Crippen LogP contribution in [0.25, 0.3) is 32.7 Å². The van der Waals surface area contributed by atoms with E-state index in [2.05, 4.69) is 24.3 Å². The van der Waals surface area contributed by atoms with Crippen molar-refractivity contribution < 1.29 is 18.4 Å². The van der Waals surface area contributed by atoms with Gasteiger partial charge < -0.3 is 9.05 Å². The second-order valence-corrected chi connectivity index (χ2v) is 10.9. The predicted molar refractivity (Wildman–Crippen MR) is 136 cm³/mol. The molecule has 1 saturated carbocycles. The third-order valence-electron chi connectivity index (χ3n) is 6.82. The highest BCUT2D eigenvalue weighted by Gasteiger charge is 2.33. The van der Waals surface area contributed by atoms with Gasteiger partial charge in [-0.2, -0.15) is 0 Å². The van der Waals surface area contributed by atoms with E-state index in [1.807, 2.05) is 54.6 Å². The number of allylic oxidation sites excluding steroid dienone is 1. The van der Waals surface area contributed by atoms with E-state index in [4.69, 9.17) is 9.05 Å². The molecule has 0 N–H and O–H groups in total. The Bertz CT molecular complexity index is 1410. The van der Waals surface area contributed by atoms with Crippen LogP contribution < -0.4 is 9.05 Å². The first-order valence-corrected chi connectivity index (χ1v) is 13.4. The average molecular weight is 468 g/mol. The standard InChI is InChI=1S/C29H25O4P/c30-23-11-5-7-20(19-23)8-6-18-34(31)32-26-16-14-21-9-1-3-12-24(21)28(26)29-25-13-4-2-10-22(25)15-17-27(29)33-34/h1-4,6,9-10,12-18,20H,5,7-8,11,19H2/b18-6+/t20-/m0/s1. The van der Waals surface area contributed by atoms with Crippen molar-refractivity contribution in [1.29, 1.82) is 0 Å². The number of fused-ring (bicyclic) bond motifs is 7. The van der Waals surface area contributed by atoms with Crippen LogP contribution in [0.3, 0.4) is 0 Å². The largest absolute Gasteiger partial charge is 0.455 e. The summed E-state index contributed by atoms with van der Waals surface area (Å²) in [6.45, 7) is 0. The van der Waals surface area contributed by atoms with Crippen molar-refractivity contribution in [1.82, 2.24) is 0 Å². The van der Waals surface area contributed by atoms with Crippen LogP contribution in [-0.2, 0) is 9.36 Å². The van der Waals surface area contributed by atoms with Crippen LogP contribution in [0.1, 0.15) is 32.1 Å². The Morgan fingerprint density at radius 1 is 0.824 bits per heavy atom. The summed E-state index contributed by atoms with van der Waals surface area (Å²) in [6, 6.07) is 24.0. The van der Waals surface area contributed by atoms with Crippen LogP contribution in [0.2, 0.25) is 0 Å². The van der Waals surface area contributed by atoms with Crippen molar-refractivity contribution in [3.8, 4) is 22.6 Å². The van der Waals surface area contributed by atoms with Crippen molar-refractivity contribution in [3.05, 3.63) is 84.7 Å². The van der Waals surface area contributed by atoms with E-state index in [1.165, 1.54) is 0 Å². The molecule has 34 heavy (non-hydrogen) atoms. The van der Waals surface area contributed by atoms with Gasteiger partial charge in [-0.3, -0.25) is 4.79 Å². The fourth-order valence-corrected chi connectivity index (χ4v) is 6.61. The predicted octanol–water partition coefficient (Wildman–Crippen LogP) is 8.29. The van der Waals surface area contributed by atoms with Crippen molar-refractivity contribution in [2.45, 2.75) is 32.1 Å². The van der Waals surface area contributed by atoms with Gasteiger partial charge in [0.15, 0.2) is 0 Å². The number of ketones is 1. The lowest BCUT2D eigenvalue weighted by atomic mass is 9.86. The van der Waals surface area contributed by atoms with Gasteiger partial charge in [-0.1, -0.05) is 66.7 Å². The highest BCUT2D eigenvalue weighted by molar-refractivity contribution is 7.58. The molecule has 0 aromatic heterocycles. The van der Waals surface area contributed by atoms with Crippen molar-refractivity contribution >= 4 is 34.9 Å². The molecule has 1 aliphatic carbocycles. The number of carbonyl (C=O) groups excluding carboxylic acids is 1. The Labute approximate surface area is 198 Å². The molecular weight excluding hydrogens is 443 g/mol. The van der Waals surface area contributed by atoms with E-state index in [9.17, 15) is 9.36 Å². The van der Waals surface area contributed by atoms with E-state index in [1.54, 1.807) is 5.82 Å². The highest BCUT2D eigenvalue weighted by atomic mass is 31.2. The van der Waals surface area contributed by atoms with Gasteiger partial charge in [0.05, 0.1) is 0 Å². The Kier molecular flexibility index (Phi) is 5.27. The molecule has 0 spiro atoms. The molecule has 2 aliphatic rings. The van der Waals surface area contributed by atoms with E-state index < -0.39 is 7.60 Å². The maximum absolute atomic E-state index is 14.0. The highest BCUT2D eigenvalue weighted by Crippen LogP contribution is 2.59. The number of hydrogen-bond acceptors (Lipinski definition) is 4. The van der Waals surface area contributed by atoms with Gasteiger partial charge in [-0.25, -0.2) is 4.57 Å². The summed E-state index contributed by atoms with van der Waals surface area (Å²) in [5, 5.41) is 4.22.